The molecule has 0 rings (SSSR count). The van der Waals surface area contributed by atoms with Gasteiger partial charge in [0.15, 0.2) is 0 Å². The number of carbonyl (C=O) groups is 4. The summed E-state index contributed by atoms with van der Waals surface area (Å²) in [5.41, 5.74) is 0. The van der Waals surface area contributed by atoms with Crippen molar-refractivity contribution in [1.82, 2.24) is 0 Å². The van der Waals surface area contributed by atoms with Gasteiger partial charge in [-0.25, -0.2) is 0 Å². The Morgan fingerprint density at radius 3 is 0.321 bits per heavy atom. The summed E-state index contributed by atoms with van der Waals surface area (Å²) in [6, 6.07) is 0. The predicted molar refractivity (Wildman–Crippen MR) is 331 cm³/mol. The molecule has 0 saturated heterocycles. The van der Waals surface area contributed by atoms with E-state index in [1.807, 2.05) is 0 Å². The average Bonchev–Trinajstić information content (AvgIpc) is 3.39. The van der Waals surface area contributed by atoms with E-state index < -0.39 is 23.9 Å². The molecular formula is C68H132Ca2O8. The maximum atomic E-state index is 10.2. The summed E-state index contributed by atoms with van der Waals surface area (Å²) < 4.78 is 0. The maximum absolute atomic E-state index is 10.2. The van der Waals surface area contributed by atoms with Gasteiger partial charge in [0.05, 0.1) is 0 Å². The Morgan fingerprint density at radius 1 is 0.167 bits per heavy atom. The first kappa shape index (κ1) is 89.6. The van der Waals surface area contributed by atoms with Gasteiger partial charge in [-0.15, -0.1) is 0 Å². The molecule has 0 N–H and O–H groups in total. The van der Waals surface area contributed by atoms with E-state index in [0.29, 0.717) is 0 Å². The van der Waals surface area contributed by atoms with Gasteiger partial charge in [-0.3, -0.25) is 0 Å². The number of carboxylic acids is 4. The molecule has 0 aliphatic carbocycles. The van der Waals surface area contributed by atoms with E-state index in [4.69, 9.17) is 0 Å². The molecule has 0 bridgehead atoms. The zero-order valence-corrected chi connectivity index (χ0v) is 57.5. The molecule has 0 aromatic heterocycles. The van der Waals surface area contributed by atoms with Gasteiger partial charge >= 0.3 is 75.5 Å². The second-order valence-electron chi connectivity index (χ2n) is 22.9. The standard InChI is InChI=1S/2C18H36O2.2C16H32O2.2Ca/c2*1-2-3-4-5-6-7-8-9-10-11-12-13-14-15-16-17-18(19)20;2*1-2-3-4-5-6-7-8-9-10-11-12-13-14-15-16(17)18;;/h2*2-17H2,1H3,(H,19,20);2*2-15H2,1H3,(H,17,18);;/q;;;;2*+2/p-4. The van der Waals surface area contributed by atoms with Crippen molar-refractivity contribution in [3.8, 4) is 0 Å². The maximum Gasteiger partial charge on any atom is 2.00 e. The summed E-state index contributed by atoms with van der Waals surface area (Å²) in [5.74, 6) is -3.62. The third-order valence-corrected chi connectivity index (χ3v) is 14.9. The molecule has 0 spiro atoms. The van der Waals surface area contributed by atoms with Gasteiger partial charge < -0.3 is 39.6 Å². The van der Waals surface area contributed by atoms with Crippen LogP contribution in [-0.4, -0.2) is 99.4 Å². The quantitative estimate of drug-likeness (QED) is 0.0430. The van der Waals surface area contributed by atoms with Crippen LogP contribution >= 0.6 is 0 Å². The smallest absolute Gasteiger partial charge is 0.550 e. The number of carbonyl (C=O) groups excluding carboxylic acids is 4. The fraction of sp³-hybridized carbons (Fsp3) is 0.941. The molecular weight excluding hydrogens is 1020 g/mol. The third kappa shape index (κ3) is 105. The van der Waals surface area contributed by atoms with Gasteiger partial charge in [0.2, 0.25) is 0 Å². The Kier molecular flexibility index (Phi) is 99.0. The van der Waals surface area contributed by atoms with Crippen LogP contribution in [0.3, 0.4) is 0 Å². The first-order valence-corrected chi connectivity index (χ1v) is 33.9. The van der Waals surface area contributed by atoms with E-state index in [1.165, 1.54) is 308 Å². The topological polar surface area (TPSA) is 161 Å². The minimum Gasteiger partial charge on any atom is -0.550 e. The normalized spacial score (nSPS) is 10.5. The minimum atomic E-state index is -0.905. The van der Waals surface area contributed by atoms with E-state index in [0.717, 1.165) is 51.4 Å². The zero-order chi connectivity index (χ0) is 56.7. The Morgan fingerprint density at radius 2 is 0.244 bits per heavy atom. The van der Waals surface area contributed by atoms with Crippen LogP contribution in [0.5, 0.6) is 0 Å². The second-order valence-corrected chi connectivity index (χ2v) is 22.9. The molecule has 10 heteroatoms. The first-order valence-electron chi connectivity index (χ1n) is 33.9. The fourth-order valence-electron chi connectivity index (χ4n) is 9.86. The summed E-state index contributed by atoms with van der Waals surface area (Å²) in [6.07, 6.45) is 73.6. The van der Waals surface area contributed by atoms with Gasteiger partial charge in [0.1, 0.15) is 0 Å². The van der Waals surface area contributed by atoms with Gasteiger partial charge in [-0.1, -0.05) is 362 Å². The van der Waals surface area contributed by atoms with E-state index in [2.05, 4.69) is 27.7 Å². The number of rotatable bonds is 60. The SMILES string of the molecule is CCCCCCCCCCCCCCCC(=O)[O-].CCCCCCCCCCCCCCCC(=O)[O-].CCCCCCCCCCCCCCCCCC(=O)[O-].CCCCCCCCCCCCCCCCCC(=O)[O-].[Ca+2].[Ca+2]. The molecule has 0 radical (unpaired) electrons. The molecule has 0 aromatic rings. The number of hydrogen-bond acceptors (Lipinski definition) is 8. The van der Waals surface area contributed by atoms with Gasteiger partial charge in [0, 0.05) is 23.9 Å². The third-order valence-electron chi connectivity index (χ3n) is 14.9. The monoisotopic (exact) mass is 1160 g/mol. The van der Waals surface area contributed by atoms with Crippen LogP contribution in [0, 0.1) is 0 Å². The summed E-state index contributed by atoms with van der Waals surface area (Å²) in [5, 5.41) is 40.8. The molecule has 0 saturated carbocycles. The van der Waals surface area contributed by atoms with Crippen LogP contribution in [0.25, 0.3) is 0 Å². The second kappa shape index (κ2) is 86.2. The van der Waals surface area contributed by atoms with E-state index in [1.54, 1.807) is 0 Å². The van der Waals surface area contributed by atoms with Crippen molar-refractivity contribution in [2.75, 3.05) is 0 Å². The van der Waals surface area contributed by atoms with Crippen molar-refractivity contribution in [2.45, 2.75) is 413 Å². The Balaban J connectivity index is -0.000000220. The van der Waals surface area contributed by atoms with Crippen molar-refractivity contribution < 1.29 is 39.6 Å². The largest absolute Gasteiger partial charge is 2.00 e. The molecule has 0 atom stereocenters. The molecule has 78 heavy (non-hydrogen) atoms. The molecule has 0 aliphatic heterocycles. The molecule has 0 amide bonds. The van der Waals surface area contributed by atoms with Crippen LogP contribution in [0.15, 0.2) is 0 Å². The molecule has 0 aromatic carbocycles. The van der Waals surface area contributed by atoms with E-state index in [-0.39, 0.29) is 101 Å². The van der Waals surface area contributed by atoms with Crippen molar-refractivity contribution in [3.05, 3.63) is 0 Å². The Labute approximate surface area is 546 Å². The first-order chi connectivity index (χ1) is 37.1. The number of hydrogen-bond donors (Lipinski definition) is 0. The van der Waals surface area contributed by atoms with Gasteiger partial charge in [-0.05, 0) is 51.4 Å². The van der Waals surface area contributed by atoms with Gasteiger partial charge in [0.25, 0.3) is 0 Å². The average molecular weight is 1160 g/mol. The molecule has 456 valence electrons. The van der Waals surface area contributed by atoms with Crippen molar-refractivity contribution in [1.29, 1.82) is 0 Å². The van der Waals surface area contributed by atoms with E-state index >= 15 is 0 Å². The summed E-state index contributed by atoms with van der Waals surface area (Å²) in [6.45, 7) is 9.05. The fourth-order valence-corrected chi connectivity index (χ4v) is 9.86. The summed E-state index contributed by atoms with van der Waals surface area (Å²) in [4.78, 5) is 40.8. The zero-order valence-electron chi connectivity index (χ0n) is 53.1. The summed E-state index contributed by atoms with van der Waals surface area (Å²) >= 11 is 0. The van der Waals surface area contributed by atoms with Crippen LogP contribution in [-0.2, 0) is 19.2 Å². The van der Waals surface area contributed by atoms with Crippen LogP contribution < -0.4 is 20.4 Å². The van der Waals surface area contributed by atoms with Crippen molar-refractivity contribution in [3.63, 3.8) is 0 Å². The predicted octanol–water partition coefficient (Wildman–Crippen LogP) is 17.7. The number of carboxylic acid groups (broad SMARTS) is 4. The molecule has 8 nitrogen and oxygen atoms in total. The number of aliphatic carboxylic acids is 4. The molecule has 0 unspecified atom stereocenters. The Bertz CT molecular complexity index is 1020. The molecule has 0 aliphatic rings. The van der Waals surface area contributed by atoms with Gasteiger partial charge in [-0.2, -0.15) is 0 Å². The molecule has 0 heterocycles. The minimum absolute atomic E-state index is 0. The van der Waals surface area contributed by atoms with Crippen molar-refractivity contribution >= 4 is 99.4 Å². The number of unbranched alkanes of at least 4 members (excludes halogenated alkanes) is 52. The molecule has 0 fully saturated rings. The summed E-state index contributed by atoms with van der Waals surface area (Å²) in [7, 11) is 0. The van der Waals surface area contributed by atoms with Crippen LogP contribution in [0.2, 0.25) is 0 Å². The van der Waals surface area contributed by atoms with E-state index in [9.17, 15) is 39.6 Å². The van der Waals surface area contributed by atoms with Crippen molar-refractivity contribution in [2.24, 2.45) is 0 Å². The van der Waals surface area contributed by atoms with Crippen LogP contribution in [0.4, 0.5) is 0 Å². The Hall–Kier alpha value is 0.399. The van der Waals surface area contributed by atoms with Crippen LogP contribution in [0.1, 0.15) is 413 Å².